The molecule has 68 valence electrons. The van der Waals surface area contributed by atoms with Crippen LogP contribution in [0.5, 0.6) is 0 Å². The second-order valence-corrected chi connectivity index (χ2v) is 1.96. The third-order valence-corrected chi connectivity index (χ3v) is 1.16. The Labute approximate surface area is 75.4 Å². The van der Waals surface area contributed by atoms with E-state index in [0.29, 0.717) is 6.42 Å². The lowest BCUT2D eigenvalue weighted by Crippen LogP contribution is -2.18. The van der Waals surface area contributed by atoms with Gasteiger partial charge in [0.15, 0.2) is 6.10 Å². The molecule has 0 aliphatic rings. The lowest BCUT2D eigenvalue weighted by molar-refractivity contribution is 0.0635. The molecule has 0 N–H and O–H groups in total. The third kappa shape index (κ3) is 6.28. The number of hydrogen-bond donors (Lipinski definition) is 0. The maximum absolute atomic E-state index is 8.18. The predicted molar refractivity (Wildman–Crippen MR) is 38.2 cm³/mol. The maximum Gasteiger partial charge on any atom is 0.286 e. The van der Waals surface area contributed by atoms with Crippen molar-refractivity contribution < 1.29 is 14.2 Å². The molecule has 0 aliphatic carbocycles. The number of nitrogens with zero attached hydrogens (tertiary/aromatic N) is 3. The van der Waals surface area contributed by atoms with E-state index in [2.05, 4.69) is 14.2 Å². The van der Waals surface area contributed by atoms with Gasteiger partial charge in [0.1, 0.15) is 13.2 Å². The predicted octanol–water partition coefficient (Wildman–Crippen LogP) is 0.238. The molecule has 0 heterocycles. The van der Waals surface area contributed by atoms with Crippen LogP contribution in [0.25, 0.3) is 0 Å². The topological polar surface area (TPSA) is 99.1 Å². The van der Waals surface area contributed by atoms with Gasteiger partial charge >= 0.3 is 0 Å². The first kappa shape index (κ1) is 10.9. The van der Waals surface area contributed by atoms with Crippen LogP contribution in [0.15, 0.2) is 0 Å². The molecule has 0 bridgehead atoms. The van der Waals surface area contributed by atoms with Crippen LogP contribution in [-0.4, -0.2) is 19.3 Å². The molecular formula is C7H7N3O3. The normalized spacial score (nSPS) is 9.92. The summed E-state index contributed by atoms with van der Waals surface area (Å²) < 4.78 is 13.3. The van der Waals surface area contributed by atoms with Crippen LogP contribution in [0.1, 0.15) is 6.42 Å². The minimum atomic E-state index is -0.544. The molecule has 0 aromatic rings. The van der Waals surface area contributed by atoms with E-state index in [1.165, 1.54) is 18.8 Å². The number of hydrogen-bond acceptors (Lipinski definition) is 6. The number of nitriles is 3. The van der Waals surface area contributed by atoms with Gasteiger partial charge in [0.05, 0.1) is 0 Å². The highest BCUT2D eigenvalue weighted by Gasteiger charge is 2.10. The maximum atomic E-state index is 8.18. The second kappa shape index (κ2) is 7.97. The summed E-state index contributed by atoms with van der Waals surface area (Å²) in [5.41, 5.74) is 0. The van der Waals surface area contributed by atoms with E-state index < -0.39 is 6.10 Å². The van der Waals surface area contributed by atoms with Gasteiger partial charge in [-0.25, -0.2) is 0 Å². The highest BCUT2D eigenvalue weighted by Crippen LogP contribution is 1.98. The SMILES string of the molecule is N#COCCC(COC#N)OC#N. The van der Waals surface area contributed by atoms with Crippen molar-refractivity contribution in [1.29, 1.82) is 15.8 Å². The van der Waals surface area contributed by atoms with Gasteiger partial charge in [0, 0.05) is 6.42 Å². The molecule has 0 radical (unpaired) electrons. The van der Waals surface area contributed by atoms with Gasteiger partial charge in [-0.2, -0.15) is 15.8 Å². The Morgan fingerprint density at radius 1 is 1.00 bits per heavy atom. The lowest BCUT2D eigenvalue weighted by atomic mass is 10.3. The Balaban J connectivity index is 3.63. The molecule has 6 nitrogen and oxygen atoms in total. The molecule has 0 aromatic heterocycles. The molecule has 1 atom stereocenters. The van der Waals surface area contributed by atoms with Gasteiger partial charge in [-0.05, 0) is 0 Å². The monoisotopic (exact) mass is 181 g/mol. The summed E-state index contributed by atoms with van der Waals surface area (Å²) in [4.78, 5) is 0. The van der Waals surface area contributed by atoms with Crippen LogP contribution in [-0.2, 0) is 14.2 Å². The van der Waals surface area contributed by atoms with Gasteiger partial charge < -0.3 is 14.2 Å². The first-order chi connectivity index (χ1) is 6.35. The fraction of sp³-hybridized carbons (Fsp3) is 0.571. The molecule has 6 heteroatoms. The molecule has 0 saturated heterocycles. The van der Waals surface area contributed by atoms with Crippen LogP contribution in [0, 0.1) is 34.6 Å². The third-order valence-electron chi connectivity index (χ3n) is 1.16. The van der Waals surface area contributed by atoms with Crippen molar-refractivity contribution in [2.24, 2.45) is 0 Å². The quantitative estimate of drug-likeness (QED) is 0.429. The molecular weight excluding hydrogens is 174 g/mol. The Hall–Kier alpha value is -2.13. The Morgan fingerprint density at radius 2 is 1.69 bits per heavy atom. The molecule has 0 rings (SSSR count). The van der Waals surface area contributed by atoms with Crippen molar-refractivity contribution in [2.45, 2.75) is 12.5 Å². The average molecular weight is 181 g/mol. The van der Waals surface area contributed by atoms with Crippen molar-refractivity contribution >= 4 is 0 Å². The summed E-state index contributed by atoms with van der Waals surface area (Å²) in [6, 6.07) is 0. The highest BCUT2D eigenvalue weighted by atomic mass is 16.5. The fourth-order valence-corrected chi connectivity index (χ4v) is 0.617. The smallest absolute Gasteiger partial charge is 0.286 e. The molecule has 0 aliphatic heterocycles. The minimum absolute atomic E-state index is 0.0150. The average Bonchev–Trinajstić information content (AvgIpc) is 2.14. The summed E-state index contributed by atoms with van der Waals surface area (Å²) in [5, 5.41) is 24.3. The second-order valence-electron chi connectivity index (χ2n) is 1.96. The summed E-state index contributed by atoms with van der Waals surface area (Å²) in [7, 11) is 0. The van der Waals surface area contributed by atoms with E-state index in [1.807, 2.05) is 0 Å². The van der Waals surface area contributed by atoms with Crippen LogP contribution in [0.2, 0.25) is 0 Å². The molecule has 0 spiro atoms. The van der Waals surface area contributed by atoms with E-state index in [9.17, 15) is 0 Å². The van der Waals surface area contributed by atoms with E-state index in [4.69, 9.17) is 15.8 Å². The Bertz CT molecular complexity index is 247. The molecule has 0 aromatic carbocycles. The largest absolute Gasteiger partial charge is 0.427 e. The van der Waals surface area contributed by atoms with Crippen molar-refractivity contribution in [3.63, 3.8) is 0 Å². The Morgan fingerprint density at radius 3 is 2.23 bits per heavy atom. The van der Waals surface area contributed by atoms with E-state index in [-0.39, 0.29) is 13.2 Å². The van der Waals surface area contributed by atoms with Crippen molar-refractivity contribution in [1.82, 2.24) is 0 Å². The van der Waals surface area contributed by atoms with E-state index >= 15 is 0 Å². The zero-order valence-electron chi connectivity index (χ0n) is 6.77. The van der Waals surface area contributed by atoms with Gasteiger partial charge in [-0.1, -0.05) is 0 Å². The standard InChI is InChI=1S/C7H7N3O3/c8-4-11-2-1-7(13-6-10)3-12-5-9/h7H,1-3H2. The van der Waals surface area contributed by atoms with Crippen LogP contribution >= 0.6 is 0 Å². The number of ether oxygens (including phenoxy) is 3. The lowest BCUT2D eigenvalue weighted by Gasteiger charge is -2.09. The van der Waals surface area contributed by atoms with Gasteiger partial charge in [-0.15, -0.1) is 0 Å². The molecule has 0 amide bonds. The zero-order chi connectivity index (χ0) is 9.94. The minimum Gasteiger partial charge on any atom is -0.427 e. The van der Waals surface area contributed by atoms with Crippen molar-refractivity contribution in [2.75, 3.05) is 13.2 Å². The molecule has 0 saturated carbocycles. The van der Waals surface area contributed by atoms with Crippen LogP contribution in [0.3, 0.4) is 0 Å². The summed E-state index contributed by atoms with van der Waals surface area (Å²) in [6.07, 6.45) is 4.18. The van der Waals surface area contributed by atoms with Gasteiger partial charge in [0.25, 0.3) is 18.8 Å². The highest BCUT2D eigenvalue weighted by molar-refractivity contribution is 4.65. The molecule has 1 unspecified atom stereocenters. The van der Waals surface area contributed by atoms with E-state index in [0.717, 1.165) is 0 Å². The van der Waals surface area contributed by atoms with E-state index in [1.54, 1.807) is 0 Å². The zero-order valence-corrected chi connectivity index (χ0v) is 6.77. The van der Waals surface area contributed by atoms with Gasteiger partial charge in [0.2, 0.25) is 0 Å². The van der Waals surface area contributed by atoms with Crippen LogP contribution in [0.4, 0.5) is 0 Å². The first-order valence-electron chi connectivity index (χ1n) is 3.41. The summed E-state index contributed by atoms with van der Waals surface area (Å²) in [6.45, 7) is 0.122. The van der Waals surface area contributed by atoms with Crippen molar-refractivity contribution in [3.8, 4) is 18.8 Å². The first-order valence-corrected chi connectivity index (χ1v) is 3.41. The number of rotatable bonds is 6. The Kier molecular flexibility index (Phi) is 6.67. The molecule has 13 heavy (non-hydrogen) atoms. The molecule has 0 fully saturated rings. The summed E-state index contributed by atoms with van der Waals surface area (Å²) >= 11 is 0. The van der Waals surface area contributed by atoms with Gasteiger partial charge in [-0.3, -0.25) is 0 Å². The summed E-state index contributed by atoms with van der Waals surface area (Å²) in [5.74, 6) is 0. The van der Waals surface area contributed by atoms with Crippen LogP contribution < -0.4 is 0 Å². The van der Waals surface area contributed by atoms with Crippen molar-refractivity contribution in [3.05, 3.63) is 0 Å². The fourth-order valence-electron chi connectivity index (χ4n) is 0.617.